The first kappa shape index (κ1) is 24.4. The lowest BCUT2D eigenvalue weighted by molar-refractivity contribution is -0.134. The van der Waals surface area contributed by atoms with E-state index < -0.39 is 6.04 Å². The van der Waals surface area contributed by atoms with Crippen LogP contribution in [0.15, 0.2) is 43.0 Å². The molecule has 1 aromatic carbocycles. The molecule has 2 rings (SSSR count). The predicted molar refractivity (Wildman–Crippen MR) is 109 cm³/mol. The Balaban J connectivity index is 0.00000312. The highest BCUT2D eigenvalue weighted by Crippen LogP contribution is 2.07. The molecule has 1 saturated heterocycles. The summed E-state index contributed by atoms with van der Waals surface area (Å²) in [4.78, 5) is 28.0. The summed E-state index contributed by atoms with van der Waals surface area (Å²) in [5.41, 5.74) is 7.14. The minimum atomic E-state index is -0.519. The number of rotatable bonds is 7. The number of amides is 2. The topological polar surface area (TPSA) is 78.7 Å². The third-order valence-electron chi connectivity index (χ3n) is 4.11. The van der Waals surface area contributed by atoms with Crippen molar-refractivity contribution in [3.8, 4) is 0 Å². The molecule has 1 fully saturated rings. The lowest BCUT2D eigenvalue weighted by atomic mass is 10.1. The summed E-state index contributed by atoms with van der Waals surface area (Å²) in [5, 5.41) is 2.76. The Labute approximate surface area is 167 Å². The van der Waals surface area contributed by atoms with Crippen LogP contribution in [0.1, 0.15) is 5.56 Å². The quantitative estimate of drug-likeness (QED) is 0.662. The van der Waals surface area contributed by atoms with Crippen LogP contribution >= 0.6 is 24.8 Å². The minimum Gasteiger partial charge on any atom is -0.352 e. The second-order valence-corrected chi connectivity index (χ2v) is 5.99. The number of nitrogens with two attached hydrogens (primary N) is 1. The number of hydrogen-bond acceptors (Lipinski definition) is 4. The molecule has 146 valence electrons. The maximum atomic E-state index is 12.5. The molecule has 26 heavy (non-hydrogen) atoms. The summed E-state index contributed by atoms with van der Waals surface area (Å²) >= 11 is 0. The summed E-state index contributed by atoms with van der Waals surface area (Å²) < 4.78 is 0. The molecule has 1 atom stereocenters. The van der Waals surface area contributed by atoms with E-state index >= 15 is 0 Å². The van der Waals surface area contributed by atoms with Gasteiger partial charge in [0.15, 0.2) is 0 Å². The van der Waals surface area contributed by atoms with Gasteiger partial charge in [0, 0.05) is 32.7 Å². The molecule has 1 heterocycles. The lowest BCUT2D eigenvalue weighted by Gasteiger charge is -2.35. The second kappa shape index (κ2) is 12.7. The lowest BCUT2D eigenvalue weighted by Crippen LogP contribution is -2.54. The number of hydrogen-bond donors (Lipinski definition) is 2. The Kier molecular flexibility index (Phi) is 11.9. The van der Waals surface area contributed by atoms with E-state index in [2.05, 4.69) is 11.9 Å². The van der Waals surface area contributed by atoms with Gasteiger partial charge in [-0.25, -0.2) is 0 Å². The molecule has 0 bridgehead atoms. The van der Waals surface area contributed by atoms with E-state index in [1.54, 1.807) is 11.0 Å². The van der Waals surface area contributed by atoms with Crippen LogP contribution in [0.5, 0.6) is 0 Å². The van der Waals surface area contributed by atoms with Crippen molar-refractivity contribution in [2.45, 2.75) is 12.5 Å². The van der Waals surface area contributed by atoms with Crippen LogP contribution in [0.4, 0.5) is 0 Å². The average Bonchev–Trinajstić information content (AvgIpc) is 2.61. The van der Waals surface area contributed by atoms with Gasteiger partial charge >= 0.3 is 0 Å². The summed E-state index contributed by atoms with van der Waals surface area (Å²) in [5.74, 6) is -0.0370. The van der Waals surface area contributed by atoms with Crippen LogP contribution in [0.25, 0.3) is 0 Å². The Morgan fingerprint density at radius 2 is 1.77 bits per heavy atom. The molecule has 1 aromatic rings. The van der Waals surface area contributed by atoms with E-state index in [-0.39, 0.29) is 36.6 Å². The molecule has 1 aliphatic rings. The van der Waals surface area contributed by atoms with Crippen molar-refractivity contribution in [2.24, 2.45) is 5.73 Å². The fourth-order valence-corrected chi connectivity index (χ4v) is 2.76. The van der Waals surface area contributed by atoms with E-state index in [0.717, 1.165) is 5.56 Å². The highest BCUT2D eigenvalue weighted by Gasteiger charge is 2.26. The zero-order valence-corrected chi connectivity index (χ0v) is 16.4. The molecule has 0 radical (unpaired) electrons. The second-order valence-electron chi connectivity index (χ2n) is 5.99. The van der Waals surface area contributed by atoms with E-state index in [4.69, 9.17) is 5.73 Å². The summed E-state index contributed by atoms with van der Waals surface area (Å²) in [6, 6.07) is 9.28. The third kappa shape index (κ3) is 7.74. The Morgan fingerprint density at radius 1 is 1.15 bits per heavy atom. The first-order chi connectivity index (χ1) is 11.6. The smallest absolute Gasteiger partial charge is 0.239 e. The van der Waals surface area contributed by atoms with Gasteiger partial charge in [-0.15, -0.1) is 31.4 Å². The number of carbonyl (C=O) groups is 2. The van der Waals surface area contributed by atoms with Gasteiger partial charge in [-0.1, -0.05) is 36.4 Å². The number of nitrogens with one attached hydrogen (secondary N) is 1. The molecule has 0 aliphatic carbocycles. The Morgan fingerprint density at radius 3 is 2.35 bits per heavy atom. The van der Waals surface area contributed by atoms with Gasteiger partial charge in [0.2, 0.25) is 11.8 Å². The molecular formula is C18H28Cl2N4O2. The van der Waals surface area contributed by atoms with Crippen molar-refractivity contribution < 1.29 is 9.59 Å². The van der Waals surface area contributed by atoms with Crippen molar-refractivity contribution in [1.29, 1.82) is 0 Å². The normalized spacial score (nSPS) is 15.2. The van der Waals surface area contributed by atoms with Gasteiger partial charge < -0.3 is 16.0 Å². The zero-order valence-electron chi connectivity index (χ0n) is 14.8. The van der Waals surface area contributed by atoms with E-state index in [1.165, 1.54) is 0 Å². The zero-order chi connectivity index (χ0) is 17.4. The van der Waals surface area contributed by atoms with Gasteiger partial charge in [-0.05, 0) is 12.0 Å². The van der Waals surface area contributed by atoms with Crippen molar-refractivity contribution in [2.75, 3.05) is 39.3 Å². The minimum absolute atomic E-state index is 0. The van der Waals surface area contributed by atoms with Crippen LogP contribution in [-0.4, -0.2) is 66.9 Å². The number of halogens is 2. The van der Waals surface area contributed by atoms with Crippen LogP contribution in [0.2, 0.25) is 0 Å². The van der Waals surface area contributed by atoms with Crippen LogP contribution < -0.4 is 11.1 Å². The molecular weight excluding hydrogens is 375 g/mol. The molecule has 3 N–H and O–H groups in total. The largest absolute Gasteiger partial charge is 0.352 e. The fourth-order valence-electron chi connectivity index (χ4n) is 2.76. The Bertz CT molecular complexity index is 564. The standard InChI is InChI=1S/C18H26N4O2.2ClH/c1-2-8-20-17(23)14-21-9-11-22(12-10-21)18(24)16(19)13-15-6-4-3-5-7-15;;/h2-7,16H,1,8-14,19H2,(H,20,23);2*1H. The van der Waals surface area contributed by atoms with Gasteiger partial charge in [-0.3, -0.25) is 14.5 Å². The number of nitrogens with zero attached hydrogens (tertiary/aromatic N) is 2. The van der Waals surface area contributed by atoms with Gasteiger partial charge in [0.1, 0.15) is 0 Å². The first-order valence-corrected chi connectivity index (χ1v) is 8.28. The van der Waals surface area contributed by atoms with E-state index in [1.807, 2.05) is 35.2 Å². The van der Waals surface area contributed by atoms with Crippen molar-refractivity contribution in [3.05, 3.63) is 48.6 Å². The molecule has 1 aliphatic heterocycles. The summed E-state index contributed by atoms with van der Waals surface area (Å²) in [6.07, 6.45) is 2.20. The van der Waals surface area contributed by atoms with E-state index in [9.17, 15) is 9.59 Å². The number of piperazine rings is 1. The van der Waals surface area contributed by atoms with Crippen molar-refractivity contribution >= 4 is 36.6 Å². The highest BCUT2D eigenvalue weighted by molar-refractivity contribution is 5.85. The van der Waals surface area contributed by atoms with Crippen molar-refractivity contribution in [3.63, 3.8) is 0 Å². The van der Waals surface area contributed by atoms with Crippen LogP contribution in [0.3, 0.4) is 0 Å². The first-order valence-electron chi connectivity index (χ1n) is 8.28. The maximum Gasteiger partial charge on any atom is 0.239 e. The average molecular weight is 403 g/mol. The number of benzene rings is 1. The summed E-state index contributed by atoms with van der Waals surface area (Å²) in [6.45, 7) is 6.99. The van der Waals surface area contributed by atoms with Gasteiger partial charge in [0.05, 0.1) is 12.6 Å². The Hall–Kier alpha value is -1.60. The molecule has 0 saturated carbocycles. The molecule has 0 spiro atoms. The monoisotopic (exact) mass is 402 g/mol. The molecule has 2 amide bonds. The molecule has 0 aromatic heterocycles. The maximum absolute atomic E-state index is 12.5. The predicted octanol–water partition coefficient (Wildman–Crippen LogP) is 0.846. The molecule has 1 unspecified atom stereocenters. The highest BCUT2D eigenvalue weighted by atomic mass is 35.5. The van der Waals surface area contributed by atoms with Crippen LogP contribution in [0, 0.1) is 0 Å². The van der Waals surface area contributed by atoms with Crippen LogP contribution in [-0.2, 0) is 16.0 Å². The molecule has 6 nitrogen and oxygen atoms in total. The SMILES string of the molecule is C=CCNC(=O)CN1CCN(C(=O)C(N)Cc2ccccc2)CC1.Cl.Cl. The fraction of sp³-hybridized carbons (Fsp3) is 0.444. The van der Waals surface area contributed by atoms with Gasteiger partial charge in [-0.2, -0.15) is 0 Å². The third-order valence-corrected chi connectivity index (χ3v) is 4.11. The van der Waals surface area contributed by atoms with Crippen molar-refractivity contribution in [1.82, 2.24) is 15.1 Å². The number of carbonyl (C=O) groups excluding carboxylic acids is 2. The molecule has 8 heteroatoms. The van der Waals surface area contributed by atoms with E-state index in [0.29, 0.717) is 45.7 Å². The summed E-state index contributed by atoms with van der Waals surface area (Å²) in [7, 11) is 0. The van der Waals surface area contributed by atoms with Gasteiger partial charge in [0.25, 0.3) is 0 Å².